The summed E-state index contributed by atoms with van der Waals surface area (Å²) in [4.78, 5) is 27.4. The van der Waals surface area contributed by atoms with E-state index in [2.05, 4.69) is 17.6 Å². The number of hydrogen-bond acceptors (Lipinski definition) is 4. The van der Waals surface area contributed by atoms with Crippen LogP contribution in [0.2, 0.25) is 0 Å². The second-order valence-corrected chi connectivity index (χ2v) is 8.08. The molecule has 0 aliphatic carbocycles. The summed E-state index contributed by atoms with van der Waals surface area (Å²) in [7, 11) is 0. The molecule has 6 nitrogen and oxygen atoms in total. The van der Waals surface area contributed by atoms with Crippen LogP contribution in [0, 0.1) is 0 Å². The van der Waals surface area contributed by atoms with Crippen molar-refractivity contribution in [3.8, 4) is 0 Å². The fraction of sp³-hybridized carbons (Fsp3) is 0.462. The van der Waals surface area contributed by atoms with E-state index in [9.17, 15) is 9.59 Å². The molecule has 3 rings (SSSR count). The number of hydrogen-bond donors (Lipinski definition) is 2. The van der Waals surface area contributed by atoms with Crippen molar-refractivity contribution >= 4 is 17.5 Å². The third-order valence-electron chi connectivity index (χ3n) is 5.69. The number of carbonyl (C=O) groups excluding carboxylic acids is 2. The molecule has 1 aliphatic rings. The van der Waals surface area contributed by atoms with Crippen LogP contribution in [0.1, 0.15) is 78.4 Å². The molecule has 0 fully saturated rings. The molecule has 1 unspecified atom stereocenters. The second-order valence-electron chi connectivity index (χ2n) is 8.08. The van der Waals surface area contributed by atoms with Gasteiger partial charge in [0.25, 0.3) is 11.8 Å². The molecular weight excluding hydrogens is 402 g/mol. The van der Waals surface area contributed by atoms with Gasteiger partial charge in [0, 0.05) is 48.7 Å². The molecule has 0 bridgehead atoms. The Hall–Kier alpha value is -2.86. The minimum Gasteiger partial charge on any atom is -0.382 e. The topological polar surface area (TPSA) is 70.7 Å². The number of nitrogens with one attached hydrogen (secondary N) is 2. The van der Waals surface area contributed by atoms with Crippen LogP contribution in [-0.4, -0.2) is 43.0 Å². The standard InChI is InChI=1S/C26H35N3O3/c1-3-5-6-9-16-27-25(30)20-12-10-13-21(19-20)28-24-22-14-7-8-15-23(22)26(31)29(24)17-11-18-32-4-2/h7-8,10,12-15,19,24,28H,3-6,9,11,16-18H2,1-2H3,(H,27,30). The van der Waals surface area contributed by atoms with E-state index in [0.29, 0.717) is 31.9 Å². The number of rotatable bonds is 13. The maximum Gasteiger partial charge on any atom is 0.256 e. The maximum atomic E-state index is 13.0. The van der Waals surface area contributed by atoms with Crippen molar-refractivity contribution in [2.45, 2.75) is 52.1 Å². The van der Waals surface area contributed by atoms with Crippen LogP contribution >= 0.6 is 0 Å². The van der Waals surface area contributed by atoms with Gasteiger partial charge >= 0.3 is 0 Å². The first-order chi connectivity index (χ1) is 15.7. The minimum atomic E-state index is -0.271. The van der Waals surface area contributed by atoms with Crippen LogP contribution in [0.3, 0.4) is 0 Å². The molecule has 2 aromatic rings. The van der Waals surface area contributed by atoms with Gasteiger partial charge in [-0.05, 0) is 44.0 Å². The van der Waals surface area contributed by atoms with Crippen LogP contribution in [0.15, 0.2) is 48.5 Å². The first kappa shape index (κ1) is 23.8. The summed E-state index contributed by atoms with van der Waals surface area (Å²) in [6, 6.07) is 15.2. The average molecular weight is 438 g/mol. The van der Waals surface area contributed by atoms with Crippen molar-refractivity contribution in [2.24, 2.45) is 0 Å². The molecule has 1 aliphatic heterocycles. The number of nitrogens with zero attached hydrogens (tertiary/aromatic N) is 1. The van der Waals surface area contributed by atoms with Crippen molar-refractivity contribution in [3.05, 3.63) is 65.2 Å². The Morgan fingerprint density at radius 1 is 1.03 bits per heavy atom. The van der Waals surface area contributed by atoms with Crippen LogP contribution in [-0.2, 0) is 4.74 Å². The van der Waals surface area contributed by atoms with E-state index in [-0.39, 0.29) is 18.0 Å². The largest absolute Gasteiger partial charge is 0.382 e. The van der Waals surface area contributed by atoms with Gasteiger partial charge in [-0.25, -0.2) is 0 Å². The quantitative estimate of drug-likeness (QED) is 0.433. The molecule has 1 atom stereocenters. The number of ether oxygens (including phenoxy) is 1. The fourth-order valence-corrected chi connectivity index (χ4v) is 4.00. The van der Waals surface area contributed by atoms with Gasteiger partial charge in [0.15, 0.2) is 0 Å². The van der Waals surface area contributed by atoms with E-state index in [1.807, 2.05) is 60.4 Å². The highest BCUT2D eigenvalue weighted by molar-refractivity contribution is 5.99. The van der Waals surface area contributed by atoms with E-state index in [1.54, 1.807) is 0 Å². The third kappa shape index (κ3) is 6.10. The molecule has 32 heavy (non-hydrogen) atoms. The number of carbonyl (C=O) groups is 2. The first-order valence-electron chi connectivity index (χ1n) is 11.8. The van der Waals surface area contributed by atoms with Crippen molar-refractivity contribution in [3.63, 3.8) is 0 Å². The molecular formula is C26H35N3O3. The molecule has 0 spiro atoms. The Morgan fingerprint density at radius 2 is 1.88 bits per heavy atom. The number of amides is 2. The monoisotopic (exact) mass is 437 g/mol. The van der Waals surface area contributed by atoms with Crippen LogP contribution < -0.4 is 10.6 Å². The Bertz CT molecular complexity index is 899. The molecule has 0 aromatic heterocycles. The molecule has 172 valence electrons. The number of fused-ring (bicyclic) bond motifs is 1. The van der Waals surface area contributed by atoms with E-state index >= 15 is 0 Å². The molecule has 6 heteroatoms. The van der Waals surface area contributed by atoms with Crippen LogP contribution in [0.5, 0.6) is 0 Å². The Labute approximate surface area is 191 Å². The smallest absolute Gasteiger partial charge is 0.256 e. The first-order valence-corrected chi connectivity index (χ1v) is 11.8. The molecule has 0 radical (unpaired) electrons. The average Bonchev–Trinajstić information content (AvgIpc) is 3.08. The molecule has 2 N–H and O–H groups in total. The lowest BCUT2D eigenvalue weighted by atomic mass is 10.1. The molecule has 0 saturated carbocycles. The van der Waals surface area contributed by atoms with Gasteiger partial charge in [-0.15, -0.1) is 0 Å². The van der Waals surface area contributed by atoms with Gasteiger partial charge in [0.2, 0.25) is 0 Å². The zero-order chi connectivity index (χ0) is 22.8. The summed E-state index contributed by atoms with van der Waals surface area (Å²) in [6.45, 7) is 6.72. The van der Waals surface area contributed by atoms with E-state index in [1.165, 1.54) is 12.8 Å². The van der Waals surface area contributed by atoms with Gasteiger partial charge < -0.3 is 20.3 Å². The maximum absolute atomic E-state index is 13.0. The van der Waals surface area contributed by atoms with Crippen molar-refractivity contribution < 1.29 is 14.3 Å². The van der Waals surface area contributed by atoms with Gasteiger partial charge in [-0.3, -0.25) is 9.59 Å². The summed E-state index contributed by atoms with van der Waals surface area (Å²) in [6.07, 6.45) is 5.00. The zero-order valence-electron chi connectivity index (χ0n) is 19.2. The van der Waals surface area contributed by atoms with Crippen molar-refractivity contribution in [1.29, 1.82) is 0 Å². The van der Waals surface area contributed by atoms with Crippen molar-refractivity contribution in [2.75, 3.05) is 31.6 Å². The summed E-state index contributed by atoms with van der Waals surface area (Å²) < 4.78 is 5.45. The Kier molecular flexibility index (Phi) is 9.11. The Morgan fingerprint density at radius 3 is 2.69 bits per heavy atom. The Balaban J connectivity index is 1.69. The molecule has 2 aromatic carbocycles. The van der Waals surface area contributed by atoms with Crippen molar-refractivity contribution in [1.82, 2.24) is 10.2 Å². The number of unbranched alkanes of at least 4 members (excludes halogenated alkanes) is 3. The highest BCUT2D eigenvalue weighted by Crippen LogP contribution is 2.34. The van der Waals surface area contributed by atoms with Gasteiger partial charge in [0.1, 0.15) is 6.17 Å². The van der Waals surface area contributed by atoms with E-state index in [0.717, 1.165) is 36.1 Å². The van der Waals surface area contributed by atoms with Gasteiger partial charge in [-0.2, -0.15) is 0 Å². The van der Waals surface area contributed by atoms with Crippen LogP contribution in [0.4, 0.5) is 5.69 Å². The molecule has 0 saturated heterocycles. The van der Waals surface area contributed by atoms with E-state index in [4.69, 9.17) is 4.74 Å². The lowest BCUT2D eigenvalue weighted by molar-refractivity contribution is 0.0708. The number of anilines is 1. The summed E-state index contributed by atoms with van der Waals surface area (Å²) in [5.41, 5.74) is 3.11. The second kappa shape index (κ2) is 12.2. The summed E-state index contributed by atoms with van der Waals surface area (Å²) >= 11 is 0. The summed E-state index contributed by atoms with van der Waals surface area (Å²) in [5.74, 6) is -0.0443. The highest BCUT2D eigenvalue weighted by Gasteiger charge is 2.36. The van der Waals surface area contributed by atoms with Gasteiger partial charge in [0.05, 0.1) is 0 Å². The lowest BCUT2D eigenvalue weighted by Gasteiger charge is -2.27. The lowest BCUT2D eigenvalue weighted by Crippen LogP contribution is -2.33. The zero-order valence-corrected chi connectivity index (χ0v) is 19.2. The van der Waals surface area contributed by atoms with Crippen LogP contribution in [0.25, 0.3) is 0 Å². The van der Waals surface area contributed by atoms with E-state index < -0.39 is 0 Å². The normalized spacial score (nSPS) is 15.0. The van der Waals surface area contributed by atoms with Gasteiger partial charge in [-0.1, -0.05) is 50.5 Å². The SMILES string of the molecule is CCCCCCNC(=O)c1cccc(NC2c3ccccc3C(=O)N2CCCOCC)c1. The predicted octanol–water partition coefficient (Wildman–Crippen LogP) is 4.99. The number of benzene rings is 2. The third-order valence-corrected chi connectivity index (χ3v) is 5.69. The highest BCUT2D eigenvalue weighted by atomic mass is 16.5. The molecule has 1 heterocycles. The fourth-order valence-electron chi connectivity index (χ4n) is 4.00. The minimum absolute atomic E-state index is 0.0237. The predicted molar refractivity (Wildman–Crippen MR) is 128 cm³/mol. The molecule has 2 amide bonds. The summed E-state index contributed by atoms with van der Waals surface area (Å²) in [5, 5.41) is 6.49.